The number of aromatic carboxylic acids is 1. The molecular weight excluding hydrogens is 208 g/mol. The first-order valence-electron chi connectivity index (χ1n) is 5.09. The fraction of sp³-hybridized carbons (Fsp3) is 0.364. The van der Waals surface area contributed by atoms with E-state index in [9.17, 15) is 4.79 Å². The van der Waals surface area contributed by atoms with Gasteiger partial charge in [-0.05, 0) is 0 Å². The maximum Gasteiger partial charge on any atom is 0.337 e. The van der Waals surface area contributed by atoms with Crippen molar-refractivity contribution >= 4 is 18.2 Å². The van der Waals surface area contributed by atoms with E-state index in [1.54, 1.807) is 13.3 Å². The average molecular weight is 222 g/mol. The van der Waals surface area contributed by atoms with Crippen LogP contribution in [-0.4, -0.2) is 35.9 Å². The van der Waals surface area contributed by atoms with Crippen LogP contribution in [0, 0.1) is 0 Å². The topological polar surface area (TPSA) is 63.5 Å². The Labute approximate surface area is 92.6 Å². The highest BCUT2D eigenvalue weighted by Crippen LogP contribution is 1.93. The summed E-state index contributed by atoms with van der Waals surface area (Å²) >= 11 is 0. The van der Waals surface area contributed by atoms with E-state index < -0.39 is 5.97 Å². The highest BCUT2D eigenvalue weighted by atomic mass is 16.5. The minimum Gasteiger partial charge on any atom is -0.478 e. The highest BCUT2D eigenvalue weighted by Gasteiger charge is 2.12. The normalized spacial score (nSPS) is 13.3. The Morgan fingerprint density at radius 1 is 1.69 bits per heavy atom. The Morgan fingerprint density at radius 2 is 2.50 bits per heavy atom. The zero-order chi connectivity index (χ0) is 11.5. The van der Waals surface area contributed by atoms with Crippen molar-refractivity contribution in [3.05, 3.63) is 22.3 Å². The monoisotopic (exact) mass is 222 g/mol. The molecule has 0 atom stereocenters. The van der Waals surface area contributed by atoms with Crippen LogP contribution in [-0.2, 0) is 11.3 Å². The number of carboxylic acid groups (broad SMARTS) is 1. The van der Waals surface area contributed by atoms with Crippen LogP contribution >= 0.6 is 0 Å². The number of methoxy groups -OCH3 is 1. The largest absolute Gasteiger partial charge is 0.478 e. The van der Waals surface area contributed by atoms with E-state index in [1.807, 2.05) is 16.8 Å². The fourth-order valence-corrected chi connectivity index (χ4v) is 1.82. The summed E-state index contributed by atoms with van der Waals surface area (Å²) in [6.07, 6.45) is 5.39. The minimum absolute atomic E-state index is 0.351. The Morgan fingerprint density at radius 3 is 3.19 bits per heavy atom. The molecule has 2 N–H and O–H groups in total. The summed E-state index contributed by atoms with van der Waals surface area (Å²) in [6, 6.07) is 0. The molecule has 5 nitrogen and oxygen atoms in total. The summed E-state index contributed by atoms with van der Waals surface area (Å²) in [5.74, 6) is -0.890. The maximum absolute atomic E-state index is 11.1. The van der Waals surface area contributed by atoms with Crippen LogP contribution in [0.15, 0.2) is 6.20 Å². The van der Waals surface area contributed by atoms with Crippen LogP contribution in [0.5, 0.6) is 0 Å². The second-order valence-electron chi connectivity index (χ2n) is 3.59. The van der Waals surface area contributed by atoms with Gasteiger partial charge >= 0.3 is 5.97 Å². The Bertz CT molecular complexity index is 516. The second-order valence-corrected chi connectivity index (χ2v) is 3.59. The quantitative estimate of drug-likeness (QED) is 0.682. The first-order chi connectivity index (χ1) is 7.74. The number of nitrogens with one attached hydrogen (secondary N) is 1. The molecular formula is C11H14N2O3. The maximum atomic E-state index is 11.1. The van der Waals surface area contributed by atoms with Gasteiger partial charge in [-0.1, -0.05) is 6.08 Å². The van der Waals surface area contributed by atoms with Gasteiger partial charge in [-0.25, -0.2) is 4.79 Å². The molecule has 2 rings (SSSR count). The van der Waals surface area contributed by atoms with Gasteiger partial charge in [0.2, 0.25) is 0 Å². The molecule has 0 amide bonds. The molecule has 86 valence electrons. The molecule has 1 aliphatic heterocycles. The number of rotatable bonds is 4. The van der Waals surface area contributed by atoms with Gasteiger partial charge in [0.15, 0.2) is 0 Å². The molecule has 1 aliphatic rings. The van der Waals surface area contributed by atoms with Gasteiger partial charge in [0.25, 0.3) is 0 Å². The lowest BCUT2D eigenvalue weighted by Gasteiger charge is -2.05. The highest BCUT2D eigenvalue weighted by molar-refractivity contribution is 5.88. The number of fused-ring (bicyclic) bond motifs is 1. The number of carboxylic acids is 1. The van der Waals surface area contributed by atoms with Crippen molar-refractivity contribution in [2.24, 2.45) is 0 Å². The number of hydrogen-bond acceptors (Lipinski definition) is 3. The second kappa shape index (κ2) is 4.40. The third kappa shape index (κ3) is 1.81. The molecule has 0 saturated carbocycles. The molecule has 5 heteroatoms. The number of aromatic nitrogens is 1. The van der Waals surface area contributed by atoms with Gasteiger partial charge in [0.1, 0.15) is 0 Å². The average Bonchev–Trinajstić information content (AvgIpc) is 2.65. The summed E-state index contributed by atoms with van der Waals surface area (Å²) in [4.78, 5) is 11.1. The van der Waals surface area contributed by atoms with E-state index in [1.165, 1.54) is 0 Å². The van der Waals surface area contributed by atoms with Gasteiger partial charge < -0.3 is 19.7 Å². The molecule has 16 heavy (non-hydrogen) atoms. The van der Waals surface area contributed by atoms with Crippen LogP contribution in [0.3, 0.4) is 0 Å². The molecule has 2 heterocycles. The molecule has 0 unspecified atom stereocenters. The SMILES string of the molecule is COCCn1cc(C(=O)O)c2c1=CNCC=2. The Hall–Kier alpha value is -1.75. The molecule has 0 aromatic carbocycles. The lowest BCUT2D eigenvalue weighted by molar-refractivity contribution is 0.0695. The predicted octanol–water partition coefficient (Wildman–Crippen LogP) is -1.05. The van der Waals surface area contributed by atoms with Crippen molar-refractivity contribution in [1.82, 2.24) is 9.88 Å². The lowest BCUT2D eigenvalue weighted by Crippen LogP contribution is -2.38. The van der Waals surface area contributed by atoms with Crippen LogP contribution in [0.1, 0.15) is 10.4 Å². The van der Waals surface area contributed by atoms with Crippen molar-refractivity contribution in [1.29, 1.82) is 0 Å². The van der Waals surface area contributed by atoms with E-state index >= 15 is 0 Å². The number of carbonyl (C=O) groups is 1. The van der Waals surface area contributed by atoms with E-state index in [0.717, 1.165) is 10.6 Å². The van der Waals surface area contributed by atoms with E-state index in [0.29, 0.717) is 25.3 Å². The van der Waals surface area contributed by atoms with Gasteiger partial charge in [-0.3, -0.25) is 0 Å². The summed E-state index contributed by atoms with van der Waals surface area (Å²) in [6.45, 7) is 1.88. The van der Waals surface area contributed by atoms with E-state index in [4.69, 9.17) is 9.84 Å². The predicted molar refractivity (Wildman–Crippen MR) is 59.5 cm³/mol. The van der Waals surface area contributed by atoms with Crippen LogP contribution in [0.2, 0.25) is 0 Å². The lowest BCUT2D eigenvalue weighted by atomic mass is 10.2. The minimum atomic E-state index is -0.890. The Kier molecular flexibility index (Phi) is 2.96. The summed E-state index contributed by atoms with van der Waals surface area (Å²) < 4.78 is 6.89. The molecule has 0 radical (unpaired) electrons. The molecule has 1 aromatic heterocycles. The zero-order valence-electron chi connectivity index (χ0n) is 9.06. The molecule has 0 saturated heterocycles. The summed E-state index contributed by atoms with van der Waals surface area (Å²) in [7, 11) is 1.63. The molecule has 1 aromatic rings. The number of nitrogens with zero attached hydrogens (tertiary/aromatic N) is 1. The van der Waals surface area contributed by atoms with Crippen molar-refractivity contribution in [2.45, 2.75) is 6.54 Å². The van der Waals surface area contributed by atoms with Crippen LogP contribution in [0.25, 0.3) is 12.3 Å². The Balaban J connectivity index is 2.52. The van der Waals surface area contributed by atoms with Crippen molar-refractivity contribution in [3.63, 3.8) is 0 Å². The van der Waals surface area contributed by atoms with Gasteiger partial charge in [0.05, 0.1) is 17.5 Å². The fourth-order valence-electron chi connectivity index (χ4n) is 1.82. The third-order valence-electron chi connectivity index (χ3n) is 2.59. The van der Waals surface area contributed by atoms with Gasteiger partial charge in [-0.2, -0.15) is 0 Å². The molecule has 0 bridgehead atoms. The third-order valence-corrected chi connectivity index (χ3v) is 2.59. The standard InChI is InChI=1S/C11H14N2O3/c1-16-5-4-13-7-9(11(14)15)8-2-3-12-6-10(8)13/h2,6-7,12H,3-5H2,1H3,(H,14,15). The van der Waals surface area contributed by atoms with Crippen molar-refractivity contribution < 1.29 is 14.6 Å². The molecule has 0 fully saturated rings. The zero-order valence-corrected chi connectivity index (χ0v) is 9.06. The smallest absolute Gasteiger partial charge is 0.337 e. The van der Waals surface area contributed by atoms with Gasteiger partial charge in [0, 0.05) is 37.8 Å². The first kappa shape index (κ1) is 10.8. The van der Waals surface area contributed by atoms with Crippen molar-refractivity contribution in [2.75, 3.05) is 20.3 Å². The molecule has 0 aliphatic carbocycles. The number of ether oxygens (including phenoxy) is 1. The molecule has 0 spiro atoms. The van der Waals surface area contributed by atoms with E-state index in [-0.39, 0.29) is 0 Å². The summed E-state index contributed by atoms with van der Waals surface area (Å²) in [5.41, 5.74) is 0.351. The first-order valence-corrected chi connectivity index (χ1v) is 5.09. The van der Waals surface area contributed by atoms with Crippen LogP contribution < -0.4 is 15.9 Å². The van der Waals surface area contributed by atoms with E-state index in [2.05, 4.69) is 5.32 Å². The number of hydrogen-bond donors (Lipinski definition) is 2. The summed E-state index contributed by atoms with van der Waals surface area (Å²) in [5, 5.41) is 13.9. The van der Waals surface area contributed by atoms with Crippen LogP contribution in [0.4, 0.5) is 0 Å². The van der Waals surface area contributed by atoms with Gasteiger partial charge in [-0.15, -0.1) is 0 Å². The van der Waals surface area contributed by atoms with Crippen molar-refractivity contribution in [3.8, 4) is 0 Å².